The van der Waals surface area contributed by atoms with E-state index in [0.717, 1.165) is 19.6 Å². The van der Waals surface area contributed by atoms with Crippen LogP contribution in [0.25, 0.3) is 0 Å². The van der Waals surface area contributed by atoms with Gasteiger partial charge in [0.25, 0.3) is 0 Å². The van der Waals surface area contributed by atoms with Crippen molar-refractivity contribution in [2.24, 2.45) is 11.7 Å². The average molecular weight is 243 g/mol. The molecule has 5 heteroatoms. The van der Waals surface area contributed by atoms with E-state index >= 15 is 0 Å². The molecular weight excluding hydrogens is 218 g/mol. The highest BCUT2D eigenvalue weighted by atomic mass is 16.4. The summed E-state index contributed by atoms with van der Waals surface area (Å²) in [4.78, 5) is 15.5. The van der Waals surface area contributed by atoms with E-state index in [9.17, 15) is 4.79 Å². The van der Waals surface area contributed by atoms with Crippen LogP contribution in [-0.4, -0.2) is 66.2 Å². The van der Waals surface area contributed by atoms with E-state index in [4.69, 9.17) is 10.8 Å². The average Bonchev–Trinajstić information content (AvgIpc) is 2.57. The molecule has 1 fully saturated rings. The van der Waals surface area contributed by atoms with Crippen LogP contribution in [0.1, 0.15) is 20.3 Å². The third-order valence-electron chi connectivity index (χ3n) is 3.75. The maximum Gasteiger partial charge on any atom is 0.323 e. The summed E-state index contributed by atoms with van der Waals surface area (Å²) in [5.41, 5.74) is 4.62. The van der Waals surface area contributed by atoms with Gasteiger partial charge in [-0.05, 0) is 33.4 Å². The van der Waals surface area contributed by atoms with E-state index in [-0.39, 0.29) is 0 Å². The maximum absolute atomic E-state index is 10.9. The Morgan fingerprint density at radius 1 is 1.53 bits per heavy atom. The summed E-state index contributed by atoms with van der Waals surface area (Å²) in [6.07, 6.45) is 0.495. The van der Waals surface area contributed by atoms with Crippen LogP contribution >= 0.6 is 0 Å². The minimum absolute atomic E-state index is 0.495. The van der Waals surface area contributed by atoms with Crippen molar-refractivity contribution in [3.63, 3.8) is 0 Å². The van der Waals surface area contributed by atoms with Gasteiger partial charge in [-0.3, -0.25) is 4.79 Å². The van der Waals surface area contributed by atoms with Crippen LogP contribution in [0.4, 0.5) is 0 Å². The summed E-state index contributed by atoms with van der Waals surface area (Å²) in [7, 11) is 4.18. The largest absolute Gasteiger partial charge is 0.480 e. The number of nitrogens with two attached hydrogens (primary N) is 1. The summed E-state index contributed by atoms with van der Waals surface area (Å²) in [5, 5.41) is 8.96. The Bertz CT molecular complexity index is 279. The van der Waals surface area contributed by atoms with Crippen molar-refractivity contribution in [1.82, 2.24) is 9.80 Å². The van der Waals surface area contributed by atoms with E-state index < -0.39 is 11.5 Å². The van der Waals surface area contributed by atoms with Crippen LogP contribution in [0.5, 0.6) is 0 Å². The molecule has 0 aliphatic carbocycles. The van der Waals surface area contributed by atoms with E-state index in [1.807, 2.05) is 0 Å². The van der Waals surface area contributed by atoms with Gasteiger partial charge < -0.3 is 20.6 Å². The number of carbonyl (C=O) groups is 1. The number of hydrogen-bond acceptors (Lipinski definition) is 4. The first-order valence-electron chi connectivity index (χ1n) is 6.15. The first kappa shape index (κ1) is 14.4. The molecule has 0 aromatic heterocycles. The highest BCUT2D eigenvalue weighted by Gasteiger charge is 2.33. The first-order chi connectivity index (χ1) is 7.74. The fourth-order valence-electron chi connectivity index (χ4n) is 2.40. The predicted molar refractivity (Wildman–Crippen MR) is 67.9 cm³/mol. The lowest BCUT2D eigenvalue weighted by Gasteiger charge is -2.24. The number of carboxylic acid groups (broad SMARTS) is 1. The molecule has 0 aromatic rings. The standard InChI is InChI=1S/C12H25N3O2/c1-9-7-15(8-10(9)14(3)4)6-5-12(2,13)11(16)17/h9-10H,5-8,13H2,1-4H3,(H,16,17). The summed E-state index contributed by atoms with van der Waals surface area (Å²) < 4.78 is 0. The van der Waals surface area contributed by atoms with Crippen molar-refractivity contribution in [3.05, 3.63) is 0 Å². The highest BCUT2D eigenvalue weighted by Crippen LogP contribution is 2.21. The number of nitrogens with zero attached hydrogens (tertiary/aromatic N) is 2. The van der Waals surface area contributed by atoms with Crippen LogP contribution in [0.3, 0.4) is 0 Å². The third-order valence-corrected chi connectivity index (χ3v) is 3.75. The van der Waals surface area contributed by atoms with Crippen molar-refractivity contribution in [2.75, 3.05) is 33.7 Å². The van der Waals surface area contributed by atoms with Crippen molar-refractivity contribution >= 4 is 5.97 Å². The smallest absolute Gasteiger partial charge is 0.323 e. The minimum Gasteiger partial charge on any atom is -0.480 e. The normalized spacial score (nSPS) is 29.5. The molecule has 5 nitrogen and oxygen atoms in total. The van der Waals surface area contributed by atoms with Crippen molar-refractivity contribution < 1.29 is 9.90 Å². The Kier molecular flexibility index (Phi) is 4.52. The zero-order chi connectivity index (χ0) is 13.2. The van der Waals surface area contributed by atoms with Gasteiger partial charge in [0.05, 0.1) is 0 Å². The molecule has 1 saturated heterocycles. The van der Waals surface area contributed by atoms with Crippen LogP contribution < -0.4 is 5.73 Å². The lowest BCUT2D eigenvalue weighted by atomic mass is 9.99. The molecule has 100 valence electrons. The maximum atomic E-state index is 10.9. The topological polar surface area (TPSA) is 69.8 Å². The molecule has 1 aliphatic rings. The van der Waals surface area contributed by atoms with Gasteiger partial charge in [-0.15, -0.1) is 0 Å². The lowest BCUT2D eigenvalue weighted by Crippen LogP contribution is -2.47. The van der Waals surface area contributed by atoms with Gasteiger partial charge >= 0.3 is 5.97 Å². The second kappa shape index (κ2) is 5.33. The first-order valence-corrected chi connectivity index (χ1v) is 6.15. The highest BCUT2D eigenvalue weighted by molar-refractivity contribution is 5.77. The van der Waals surface area contributed by atoms with Gasteiger partial charge in [0.15, 0.2) is 0 Å². The molecular formula is C12H25N3O2. The second-order valence-corrected chi connectivity index (χ2v) is 5.74. The van der Waals surface area contributed by atoms with Gasteiger partial charge in [-0.25, -0.2) is 0 Å². The molecule has 0 aromatic carbocycles. The number of rotatable bonds is 5. The third kappa shape index (κ3) is 3.66. The van der Waals surface area contributed by atoms with Crippen molar-refractivity contribution in [2.45, 2.75) is 31.8 Å². The second-order valence-electron chi connectivity index (χ2n) is 5.74. The van der Waals surface area contributed by atoms with Crippen molar-refractivity contribution in [1.29, 1.82) is 0 Å². The number of carboxylic acids is 1. The summed E-state index contributed by atoms with van der Waals surface area (Å²) >= 11 is 0. The quantitative estimate of drug-likeness (QED) is 0.714. The van der Waals surface area contributed by atoms with Crippen LogP contribution in [0.2, 0.25) is 0 Å². The van der Waals surface area contributed by atoms with Crippen LogP contribution in [0.15, 0.2) is 0 Å². The Labute approximate surface area is 104 Å². The molecule has 3 N–H and O–H groups in total. The molecule has 1 rings (SSSR count). The molecule has 3 atom stereocenters. The van der Waals surface area contributed by atoms with Gasteiger partial charge in [0, 0.05) is 25.7 Å². The van der Waals surface area contributed by atoms with Gasteiger partial charge in [0.1, 0.15) is 5.54 Å². The number of likely N-dealkylation sites (N-methyl/N-ethyl adjacent to an activating group) is 1. The zero-order valence-corrected chi connectivity index (χ0v) is 11.3. The molecule has 0 saturated carbocycles. The van der Waals surface area contributed by atoms with Gasteiger partial charge in [-0.1, -0.05) is 6.92 Å². The number of hydrogen-bond donors (Lipinski definition) is 2. The summed E-state index contributed by atoms with van der Waals surface area (Å²) in [5.74, 6) is -0.298. The van der Waals surface area contributed by atoms with Crippen LogP contribution in [0, 0.1) is 5.92 Å². The molecule has 0 radical (unpaired) electrons. The Balaban J connectivity index is 2.43. The van der Waals surface area contributed by atoms with E-state index in [1.54, 1.807) is 6.92 Å². The SMILES string of the molecule is CC1CN(CCC(C)(N)C(=O)O)CC1N(C)C. The molecule has 0 spiro atoms. The number of likely N-dealkylation sites (tertiary alicyclic amines) is 1. The summed E-state index contributed by atoms with van der Waals surface area (Å²) in [6.45, 7) is 6.61. The molecule has 1 aliphatic heterocycles. The molecule has 0 bridgehead atoms. The van der Waals surface area contributed by atoms with E-state index in [1.165, 1.54) is 0 Å². The Morgan fingerprint density at radius 2 is 2.12 bits per heavy atom. The monoisotopic (exact) mass is 243 g/mol. The summed E-state index contributed by atoms with van der Waals surface area (Å²) in [6, 6.07) is 0.559. The fraction of sp³-hybridized carbons (Fsp3) is 0.917. The van der Waals surface area contributed by atoms with E-state index in [0.29, 0.717) is 18.4 Å². The molecule has 1 heterocycles. The Morgan fingerprint density at radius 3 is 2.53 bits per heavy atom. The molecule has 3 unspecified atom stereocenters. The predicted octanol–water partition coefficient (Wildman–Crippen LogP) is 0.0604. The van der Waals surface area contributed by atoms with E-state index in [2.05, 4.69) is 30.8 Å². The molecule has 0 amide bonds. The zero-order valence-electron chi connectivity index (χ0n) is 11.3. The lowest BCUT2D eigenvalue weighted by molar-refractivity contribution is -0.143. The van der Waals surface area contributed by atoms with Gasteiger partial charge in [-0.2, -0.15) is 0 Å². The molecule has 17 heavy (non-hydrogen) atoms. The van der Waals surface area contributed by atoms with Crippen molar-refractivity contribution in [3.8, 4) is 0 Å². The minimum atomic E-state index is -1.11. The Hall–Kier alpha value is -0.650. The van der Waals surface area contributed by atoms with Gasteiger partial charge in [0.2, 0.25) is 0 Å². The van der Waals surface area contributed by atoms with Crippen LogP contribution in [-0.2, 0) is 4.79 Å². The number of aliphatic carboxylic acids is 1. The fourth-order valence-corrected chi connectivity index (χ4v) is 2.40.